The second-order valence-corrected chi connectivity index (χ2v) is 4.75. The maximum atomic E-state index is 5.43. The van der Waals surface area contributed by atoms with E-state index in [1.165, 1.54) is 31.2 Å². The monoisotopic (exact) mass is 212 g/mol. The lowest BCUT2D eigenvalue weighted by molar-refractivity contribution is 0.664. The van der Waals surface area contributed by atoms with Crippen molar-refractivity contribution in [3.63, 3.8) is 0 Å². The Hall–Kier alpha value is -1.22. The number of aryl methyl sites for hydroxylation is 2. The number of terminal acetylenes is 1. The molecular weight excluding hydrogens is 192 g/mol. The van der Waals surface area contributed by atoms with Gasteiger partial charge in [0.15, 0.2) is 0 Å². The van der Waals surface area contributed by atoms with E-state index >= 15 is 0 Å². The van der Waals surface area contributed by atoms with Crippen molar-refractivity contribution in [1.29, 1.82) is 0 Å². The Balaban J connectivity index is 2.25. The van der Waals surface area contributed by atoms with Crippen molar-refractivity contribution < 1.29 is 0 Å². The quantitative estimate of drug-likeness (QED) is 0.662. The van der Waals surface area contributed by atoms with Gasteiger partial charge in [-0.3, -0.25) is 0 Å². The Morgan fingerprint density at radius 3 is 2.69 bits per heavy atom. The average molecular weight is 212 g/mol. The Labute approximate surface area is 99.1 Å². The molecule has 1 aromatic rings. The predicted molar refractivity (Wildman–Crippen MR) is 69.6 cm³/mol. The standard InChI is InChI=1S/C16H20/c1-3-7-13(4-2)16-11-10-14-8-5-6-9-15(14)12-16/h1,10-13H,4-9H2,2H3. The summed E-state index contributed by atoms with van der Waals surface area (Å²) in [7, 11) is 0. The van der Waals surface area contributed by atoms with E-state index in [4.69, 9.17) is 6.42 Å². The molecule has 0 heterocycles. The summed E-state index contributed by atoms with van der Waals surface area (Å²) < 4.78 is 0. The van der Waals surface area contributed by atoms with Gasteiger partial charge in [-0.1, -0.05) is 25.1 Å². The van der Waals surface area contributed by atoms with E-state index in [1.54, 1.807) is 11.1 Å². The highest BCUT2D eigenvalue weighted by molar-refractivity contribution is 5.35. The number of benzene rings is 1. The predicted octanol–water partition coefficient (Wildman–Crippen LogP) is 4.08. The van der Waals surface area contributed by atoms with Crippen molar-refractivity contribution in [3.05, 3.63) is 34.9 Å². The molecule has 1 atom stereocenters. The second kappa shape index (κ2) is 5.21. The minimum Gasteiger partial charge on any atom is -0.120 e. The lowest BCUT2D eigenvalue weighted by Gasteiger charge is -2.19. The van der Waals surface area contributed by atoms with Gasteiger partial charge < -0.3 is 0 Å². The number of hydrogen-bond donors (Lipinski definition) is 0. The SMILES string of the molecule is C#CCC(CC)c1ccc2c(c1)CCCC2. The molecule has 0 aromatic heterocycles. The summed E-state index contributed by atoms with van der Waals surface area (Å²) in [5.74, 6) is 3.35. The van der Waals surface area contributed by atoms with Crippen LogP contribution in [0.4, 0.5) is 0 Å². The lowest BCUT2D eigenvalue weighted by Crippen LogP contribution is -2.05. The molecule has 0 aliphatic heterocycles. The fraction of sp³-hybridized carbons (Fsp3) is 0.500. The van der Waals surface area contributed by atoms with Crippen LogP contribution in [0.25, 0.3) is 0 Å². The highest BCUT2D eigenvalue weighted by Gasteiger charge is 2.13. The summed E-state index contributed by atoms with van der Waals surface area (Å²) in [5, 5.41) is 0. The van der Waals surface area contributed by atoms with Crippen LogP contribution in [-0.2, 0) is 12.8 Å². The van der Waals surface area contributed by atoms with Crippen LogP contribution in [0.1, 0.15) is 55.2 Å². The van der Waals surface area contributed by atoms with Gasteiger partial charge in [0.05, 0.1) is 0 Å². The molecule has 0 spiro atoms. The number of fused-ring (bicyclic) bond motifs is 1. The molecule has 1 unspecified atom stereocenters. The van der Waals surface area contributed by atoms with E-state index in [-0.39, 0.29) is 0 Å². The van der Waals surface area contributed by atoms with Gasteiger partial charge in [0.1, 0.15) is 0 Å². The van der Waals surface area contributed by atoms with Gasteiger partial charge in [-0.25, -0.2) is 0 Å². The van der Waals surface area contributed by atoms with E-state index in [0.29, 0.717) is 5.92 Å². The summed E-state index contributed by atoms with van der Waals surface area (Å²) in [6.07, 6.45) is 12.7. The fourth-order valence-corrected chi connectivity index (χ4v) is 2.65. The fourth-order valence-electron chi connectivity index (χ4n) is 2.65. The van der Waals surface area contributed by atoms with Crippen LogP contribution in [0, 0.1) is 12.3 Å². The largest absolute Gasteiger partial charge is 0.120 e. The molecule has 0 fully saturated rings. The molecule has 16 heavy (non-hydrogen) atoms. The molecule has 0 saturated carbocycles. The van der Waals surface area contributed by atoms with Crippen LogP contribution in [0.5, 0.6) is 0 Å². The number of rotatable bonds is 3. The number of hydrogen-bond acceptors (Lipinski definition) is 0. The lowest BCUT2D eigenvalue weighted by atomic mass is 9.86. The molecule has 0 radical (unpaired) electrons. The Morgan fingerprint density at radius 1 is 1.25 bits per heavy atom. The molecule has 1 aliphatic carbocycles. The van der Waals surface area contributed by atoms with Crippen LogP contribution in [0.3, 0.4) is 0 Å². The Bertz CT molecular complexity index is 395. The van der Waals surface area contributed by atoms with E-state index in [1.807, 2.05) is 0 Å². The molecule has 0 nitrogen and oxygen atoms in total. The summed E-state index contributed by atoms with van der Waals surface area (Å²) in [6.45, 7) is 2.22. The van der Waals surface area contributed by atoms with Gasteiger partial charge in [-0.2, -0.15) is 0 Å². The zero-order valence-electron chi connectivity index (χ0n) is 10.1. The third-order valence-electron chi connectivity index (χ3n) is 3.70. The molecule has 0 heteroatoms. The highest BCUT2D eigenvalue weighted by atomic mass is 14.2. The van der Waals surface area contributed by atoms with Crippen LogP contribution < -0.4 is 0 Å². The van der Waals surface area contributed by atoms with E-state index in [2.05, 4.69) is 31.0 Å². The first-order valence-electron chi connectivity index (χ1n) is 6.40. The van der Waals surface area contributed by atoms with Crippen LogP contribution in [0.2, 0.25) is 0 Å². The Kier molecular flexibility index (Phi) is 3.67. The molecular formula is C16H20. The van der Waals surface area contributed by atoms with Crippen molar-refractivity contribution >= 4 is 0 Å². The molecule has 0 amide bonds. The second-order valence-electron chi connectivity index (χ2n) is 4.75. The van der Waals surface area contributed by atoms with Crippen LogP contribution >= 0.6 is 0 Å². The van der Waals surface area contributed by atoms with Crippen molar-refractivity contribution in [2.45, 2.75) is 51.4 Å². The highest BCUT2D eigenvalue weighted by Crippen LogP contribution is 2.28. The first-order chi connectivity index (χ1) is 7.85. The normalized spacial score (nSPS) is 16.2. The molecule has 1 aromatic carbocycles. The molecule has 1 aliphatic rings. The van der Waals surface area contributed by atoms with Crippen LogP contribution in [-0.4, -0.2) is 0 Å². The summed E-state index contributed by atoms with van der Waals surface area (Å²) >= 11 is 0. The zero-order chi connectivity index (χ0) is 11.4. The van der Waals surface area contributed by atoms with Gasteiger partial charge in [0.25, 0.3) is 0 Å². The van der Waals surface area contributed by atoms with E-state index in [9.17, 15) is 0 Å². The summed E-state index contributed by atoms with van der Waals surface area (Å²) in [6, 6.07) is 7.01. The maximum Gasteiger partial charge on any atom is 0.0155 e. The third kappa shape index (κ3) is 2.30. The summed E-state index contributed by atoms with van der Waals surface area (Å²) in [5.41, 5.74) is 4.57. The molecule has 0 saturated heterocycles. The first-order valence-corrected chi connectivity index (χ1v) is 6.40. The average Bonchev–Trinajstić information content (AvgIpc) is 2.35. The van der Waals surface area contributed by atoms with E-state index < -0.39 is 0 Å². The van der Waals surface area contributed by atoms with Gasteiger partial charge in [0, 0.05) is 6.42 Å². The van der Waals surface area contributed by atoms with Gasteiger partial charge in [0.2, 0.25) is 0 Å². The van der Waals surface area contributed by atoms with Crippen molar-refractivity contribution in [3.8, 4) is 12.3 Å². The molecule has 2 rings (SSSR count). The maximum absolute atomic E-state index is 5.43. The van der Waals surface area contributed by atoms with Gasteiger partial charge in [-0.05, 0) is 54.7 Å². The molecule has 0 bridgehead atoms. The van der Waals surface area contributed by atoms with Crippen molar-refractivity contribution in [1.82, 2.24) is 0 Å². The molecule has 84 valence electrons. The van der Waals surface area contributed by atoms with Crippen molar-refractivity contribution in [2.75, 3.05) is 0 Å². The van der Waals surface area contributed by atoms with Gasteiger partial charge >= 0.3 is 0 Å². The first kappa shape index (κ1) is 11.3. The van der Waals surface area contributed by atoms with E-state index in [0.717, 1.165) is 12.8 Å². The van der Waals surface area contributed by atoms with Gasteiger partial charge in [-0.15, -0.1) is 12.3 Å². The summed E-state index contributed by atoms with van der Waals surface area (Å²) in [4.78, 5) is 0. The third-order valence-corrected chi connectivity index (χ3v) is 3.70. The topological polar surface area (TPSA) is 0 Å². The van der Waals surface area contributed by atoms with Crippen molar-refractivity contribution in [2.24, 2.45) is 0 Å². The Morgan fingerprint density at radius 2 is 2.00 bits per heavy atom. The molecule has 0 N–H and O–H groups in total. The smallest absolute Gasteiger partial charge is 0.0155 e. The minimum atomic E-state index is 0.553. The zero-order valence-corrected chi connectivity index (χ0v) is 10.1. The van der Waals surface area contributed by atoms with Crippen LogP contribution in [0.15, 0.2) is 18.2 Å². The minimum absolute atomic E-state index is 0.553.